The third kappa shape index (κ3) is 3.89. The zero-order chi connectivity index (χ0) is 17.8. The number of rotatable bonds is 5. The van der Waals surface area contributed by atoms with E-state index in [9.17, 15) is 9.90 Å². The van der Waals surface area contributed by atoms with Gasteiger partial charge in [0.2, 0.25) is 0 Å². The summed E-state index contributed by atoms with van der Waals surface area (Å²) in [6, 6.07) is 22.1. The van der Waals surface area contributed by atoms with Gasteiger partial charge in [0, 0.05) is 11.6 Å². The second kappa shape index (κ2) is 7.22. The first kappa shape index (κ1) is 16.8. The molecule has 3 heteroatoms. The van der Waals surface area contributed by atoms with Crippen molar-refractivity contribution < 1.29 is 14.6 Å². The predicted octanol–water partition coefficient (Wildman–Crippen LogP) is 5.08. The fourth-order valence-electron chi connectivity index (χ4n) is 2.65. The average molecular weight is 332 g/mol. The van der Waals surface area contributed by atoms with Gasteiger partial charge < -0.3 is 9.84 Å². The number of phenolic OH excluding ortho intramolecular Hbond substituents is 1. The van der Waals surface area contributed by atoms with Gasteiger partial charge >= 0.3 is 0 Å². The molecule has 3 aromatic rings. The molecule has 0 heterocycles. The highest BCUT2D eigenvalue weighted by molar-refractivity contribution is 6.10. The molecule has 0 saturated carbocycles. The maximum atomic E-state index is 12.6. The highest BCUT2D eigenvalue weighted by Gasteiger charge is 2.15. The number of hydrogen-bond donors (Lipinski definition) is 1. The van der Waals surface area contributed by atoms with Crippen LogP contribution in [0.25, 0.3) is 11.1 Å². The second-order valence-electron chi connectivity index (χ2n) is 6.12. The van der Waals surface area contributed by atoms with Crippen molar-refractivity contribution >= 4 is 5.78 Å². The lowest BCUT2D eigenvalue weighted by atomic mass is 9.99. The van der Waals surface area contributed by atoms with E-state index in [-0.39, 0.29) is 23.2 Å². The van der Waals surface area contributed by atoms with Crippen LogP contribution in [0.3, 0.4) is 0 Å². The molecule has 0 amide bonds. The molecule has 25 heavy (non-hydrogen) atoms. The molecule has 0 saturated heterocycles. The Labute approximate surface area is 147 Å². The summed E-state index contributed by atoms with van der Waals surface area (Å²) in [7, 11) is 0. The quantitative estimate of drug-likeness (QED) is 0.663. The molecule has 0 aromatic heterocycles. The van der Waals surface area contributed by atoms with Gasteiger partial charge in [0.25, 0.3) is 0 Å². The van der Waals surface area contributed by atoms with E-state index in [1.165, 1.54) is 6.07 Å². The number of aromatic hydroxyl groups is 1. The number of carbonyl (C=O) groups is 1. The third-order valence-corrected chi connectivity index (χ3v) is 3.84. The molecule has 3 aromatic carbocycles. The monoisotopic (exact) mass is 332 g/mol. The first-order chi connectivity index (χ1) is 12.0. The molecule has 0 spiro atoms. The van der Waals surface area contributed by atoms with Crippen LogP contribution in [-0.4, -0.2) is 17.0 Å². The van der Waals surface area contributed by atoms with Crippen molar-refractivity contribution in [2.24, 2.45) is 0 Å². The molecule has 1 N–H and O–H groups in total. The molecule has 0 atom stereocenters. The predicted molar refractivity (Wildman–Crippen MR) is 99.2 cm³/mol. The maximum absolute atomic E-state index is 12.6. The standard InChI is InChI=1S/C22H20O3/c1-15(2)25-19-12-13-20(21(23)14-19)22(24)18-10-8-17(9-11-18)16-6-4-3-5-7-16/h3-15,23H,1-2H3. The third-order valence-electron chi connectivity index (χ3n) is 3.84. The summed E-state index contributed by atoms with van der Waals surface area (Å²) in [6.45, 7) is 3.81. The zero-order valence-electron chi connectivity index (χ0n) is 14.3. The minimum Gasteiger partial charge on any atom is -0.507 e. The van der Waals surface area contributed by atoms with Crippen molar-refractivity contribution in [2.45, 2.75) is 20.0 Å². The SMILES string of the molecule is CC(C)Oc1ccc(C(=O)c2ccc(-c3ccccc3)cc2)c(O)c1. The van der Waals surface area contributed by atoms with E-state index in [0.29, 0.717) is 11.3 Å². The molecule has 0 aliphatic rings. The largest absolute Gasteiger partial charge is 0.507 e. The van der Waals surface area contributed by atoms with E-state index in [1.54, 1.807) is 24.3 Å². The Hall–Kier alpha value is -3.07. The van der Waals surface area contributed by atoms with Gasteiger partial charge in [0.1, 0.15) is 11.5 Å². The minimum atomic E-state index is -0.215. The Balaban J connectivity index is 1.83. The summed E-state index contributed by atoms with van der Waals surface area (Å²) >= 11 is 0. The number of ketones is 1. The molecule has 3 rings (SSSR count). The molecule has 0 aliphatic heterocycles. The summed E-state index contributed by atoms with van der Waals surface area (Å²) in [5, 5.41) is 10.2. The van der Waals surface area contributed by atoms with Gasteiger partial charge in [-0.05, 0) is 37.1 Å². The van der Waals surface area contributed by atoms with Gasteiger partial charge in [0.05, 0.1) is 11.7 Å². The van der Waals surface area contributed by atoms with Crippen LogP contribution < -0.4 is 4.74 Å². The number of hydrogen-bond acceptors (Lipinski definition) is 3. The normalized spacial score (nSPS) is 10.7. The molecule has 0 aliphatic carbocycles. The summed E-state index contributed by atoms with van der Waals surface area (Å²) in [5.41, 5.74) is 2.94. The highest BCUT2D eigenvalue weighted by atomic mass is 16.5. The van der Waals surface area contributed by atoms with Crippen LogP contribution >= 0.6 is 0 Å². The molecule has 0 unspecified atom stereocenters. The Kier molecular flexibility index (Phi) is 4.85. The van der Waals surface area contributed by atoms with Gasteiger partial charge in [-0.1, -0.05) is 54.6 Å². The molecule has 0 bridgehead atoms. The molecule has 3 nitrogen and oxygen atoms in total. The van der Waals surface area contributed by atoms with E-state index < -0.39 is 0 Å². The summed E-state index contributed by atoms with van der Waals surface area (Å²) in [5.74, 6) is 0.256. The van der Waals surface area contributed by atoms with Crippen molar-refractivity contribution in [2.75, 3.05) is 0 Å². The Bertz CT molecular complexity index is 866. The number of phenols is 1. The molecule has 0 radical (unpaired) electrons. The molecular formula is C22H20O3. The summed E-state index contributed by atoms with van der Waals surface area (Å²) in [6.07, 6.45) is 0.00600. The van der Waals surface area contributed by atoms with Crippen LogP contribution in [0.4, 0.5) is 0 Å². The van der Waals surface area contributed by atoms with E-state index in [2.05, 4.69) is 0 Å². The van der Waals surface area contributed by atoms with Crippen LogP contribution in [0.2, 0.25) is 0 Å². The smallest absolute Gasteiger partial charge is 0.196 e. The Morgan fingerprint density at radius 2 is 1.52 bits per heavy atom. The van der Waals surface area contributed by atoms with Gasteiger partial charge in [0.15, 0.2) is 5.78 Å². The fraction of sp³-hybridized carbons (Fsp3) is 0.136. The lowest BCUT2D eigenvalue weighted by Gasteiger charge is -2.11. The number of ether oxygens (including phenoxy) is 1. The average Bonchev–Trinajstić information content (AvgIpc) is 2.62. The van der Waals surface area contributed by atoms with Crippen molar-refractivity contribution in [3.05, 3.63) is 83.9 Å². The molecule has 126 valence electrons. The first-order valence-corrected chi connectivity index (χ1v) is 8.24. The lowest BCUT2D eigenvalue weighted by Crippen LogP contribution is -2.06. The molecule has 0 fully saturated rings. The number of carbonyl (C=O) groups excluding carboxylic acids is 1. The van der Waals surface area contributed by atoms with E-state index in [1.807, 2.05) is 56.3 Å². The topological polar surface area (TPSA) is 46.5 Å². The van der Waals surface area contributed by atoms with E-state index in [0.717, 1.165) is 11.1 Å². The Morgan fingerprint density at radius 1 is 0.880 bits per heavy atom. The van der Waals surface area contributed by atoms with Crippen molar-refractivity contribution in [3.8, 4) is 22.6 Å². The lowest BCUT2D eigenvalue weighted by molar-refractivity contribution is 0.103. The first-order valence-electron chi connectivity index (χ1n) is 8.24. The molecular weight excluding hydrogens is 312 g/mol. The van der Waals surface area contributed by atoms with Crippen LogP contribution in [0, 0.1) is 0 Å². The van der Waals surface area contributed by atoms with Crippen LogP contribution in [0.5, 0.6) is 11.5 Å². The van der Waals surface area contributed by atoms with E-state index >= 15 is 0 Å². The second-order valence-corrected chi connectivity index (χ2v) is 6.12. The van der Waals surface area contributed by atoms with Gasteiger partial charge in [-0.2, -0.15) is 0 Å². The van der Waals surface area contributed by atoms with Crippen LogP contribution in [-0.2, 0) is 0 Å². The maximum Gasteiger partial charge on any atom is 0.196 e. The van der Waals surface area contributed by atoms with E-state index in [4.69, 9.17) is 4.74 Å². The van der Waals surface area contributed by atoms with Crippen molar-refractivity contribution in [1.29, 1.82) is 0 Å². The van der Waals surface area contributed by atoms with Gasteiger partial charge in [-0.15, -0.1) is 0 Å². The van der Waals surface area contributed by atoms with Crippen LogP contribution in [0.1, 0.15) is 29.8 Å². The Morgan fingerprint density at radius 3 is 2.12 bits per heavy atom. The van der Waals surface area contributed by atoms with Crippen LogP contribution in [0.15, 0.2) is 72.8 Å². The van der Waals surface area contributed by atoms with Crippen molar-refractivity contribution in [1.82, 2.24) is 0 Å². The zero-order valence-corrected chi connectivity index (χ0v) is 14.3. The fourth-order valence-corrected chi connectivity index (χ4v) is 2.65. The highest BCUT2D eigenvalue weighted by Crippen LogP contribution is 2.27. The van der Waals surface area contributed by atoms with Gasteiger partial charge in [-0.25, -0.2) is 0 Å². The minimum absolute atomic E-state index is 0.00600. The van der Waals surface area contributed by atoms with Gasteiger partial charge in [-0.3, -0.25) is 4.79 Å². The summed E-state index contributed by atoms with van der Waals surface area (Å²) in [4.78, 5) is 12.6. The van der Waals surface area contributed by atoms with Crippen molar-refractivity contribution in [3.63, 3.8) is 0 Å². The summed E-state index contributed by atoms with van der Waals surface area (Å²) < 4.78 is 5.53. The number of benzene rings is 3.